The van der Waals surface area contributed by atoms with Crippen LogP contribution in [0.15, 0.2) is 30.6 Å². The summed E-state index contributed by atoms with van der Waals surface area (Å²) >= 11 is 0. The highest BCUT2D eigenvalue weighted by Crippen LogP contribution is 2.18. The van der Waals surface area contributed by atoms with Gasteiger partial charge in [-0.2, -0.15) is 0 Å². The fourth-order valence-corrected chi connectivity index (χ4v) is 1.65. The van der Waals surface area contributed by atoms with E-state index in [2.05, 4.69) is 9.97 Å². The van der Waals surface area contributed by atoms with Gasteiger partial charge in [0.2, 0.25) is 0 Å². The fourth-order valence-electron chi connectivity index (χ4n) is 1.65. The molecule has 0 aliphatic rings. The number of aliphatic hydroxyl groups is 1. The maximum atomic E-state index is 12.9. The molecule has 2 rings (SSSR count). The zero-order valence-corrected chi connectivity index (χ0v) is 8.94. The van der Waals surface area contributed by atoms with Crippen LogP contribution in [0.2, 0.25) is 0 Å². The van der Waals surface area contributed by atoms with Crippen molar-refractivity contribution in [1.82, 2.24) is 9.97 Å². The van der Waals surface area contributed by atoms with Gasteiger partial charge in [0.05, 0.1) is 0 Å². The lowest BCUT2D eigenvalue weighted by Gasteiger charge is -2.10. The van der Waals surface area contributed by atoms with E-state index in [0.717, 1.165) is 11.1 Å². The van der Waals surface area contributed by atoms with E-state index in [-0.39, 0.29) is 5.82 Å². The Balaban J connectivity index is 2.15. The molecule has 16 heavy (non-hydrogen) atoms. The van der Waals surface area contributed by atoms with E-state index in [1.165, 1.54) is 12.1 Å². The Bertz CT molecular complexity index is 468. The Labute approximate surface area is 93.0 Å². The van der Waals surface area contributed by atoms with Crippen LogP contribution in [0.3, 0.4) is 0 Å². The number of aliphatic hydroxyl groups excluding tert-OH is 1. The van der Waals surface area contributed by atoms with Gasteiger partial charge in [0.15, 0.2) is 0 Å². The van der Waals surface area contributed by atoms with Gasteiger partial charge in [0, 0.05) is 18.8 Å². The molecule has 1 aromatic heterocycles. The van der Waals surface area contributed by atoms with Crippen molar-refractivity contribution in [3.8, 4) is 0 Å². The van der Waals surface area contributed by atoms with Crippen LogP contribution < -0.4 is 0 Å². The first-order valence-corrected chi connectivity index (χ1v) is 5.09. The molecule has 3 nitrogen and oxygen atoms in total. The van der Waals surface area contributed by atoms with E-state index >= 15 is 0 Å². The number of nitrogens with one attached hydrogen (secondary N) is 1. The highest BCUT2D eigenvalue weighted by molar-refractivity contribution is 5.27. The monoisotopic (exact) mass is 220 g/mol. The van der Waals surface area contributed by atoms with Crippen LogP contribution in [0.4, 0.5) is 4.39 Å². The van der Waals surface area contributed by atoms with Crippen molar-refractivity contribution in [2.45, 2.75) is 19.4 Å². The molecule has 1 unspecified atom stereocenters. The number of aromatic nitrogens is 2. The molecule has 0 fully saturated rings. The Hall–Kier alpha value is -1.68. The smallest absolute Gasteiger partial charge is 0.135 e. The van der Waals surface area contributed by atoms with Gasteiger partial charge in [0.25, 0.3) is 0 Å². The van der Waals surface area contributed by atoms with Crippen LogP contribution in [0, 0.1) is 12.7 Å². The second-order valence-corrected chi connectivity index (χ2v) is 3.77. The second kappa shape index (κ2) is 4.45. The average Bonchev–Trinajstić information content (AvgIpc) is 2.75. The minimum Gasteiger partial charge on any atom is -0.385 e. The number of hydrogen-bond acceptors (Lipinski definition) is 2. The fraction of sp³-hybridized carbons (Fsp3) is 0.250. The van der Waals surface area contributed by atoms with E-state index in [4.69, 9.17) is 0 Å². The molecule has 1 heterocycles. The second-order valence-electron chi connectivity index (χ2n) is 3.77. The Morgan fingerprint density at radius 1 is 1.50 bits per heavy atom. The van der Waals surface area contributed by atoms with E-state index in [9.17, 15) is 9.50 Å². The van der Waals surface area contributed by atoms with Crippen LogP contribution in [-0.2, 0) is 6.42 Å². The van der Waals surface area contributed by atoms with Crippen molar-refractivity contribution in [2.24, 2.45) is 0 Å². The molecule has 0 amide bonds. The quantitative estimate of drug-likeness (QED) is 0.832. The van der Waals surface area contributed by atoms with Crippen molar-refractivity contribution in [3.63, 3.8) is 0 Å². The first-order valence-electron chi connectivity index (χ1n) is 5.09. The number of benzene rings is 1. The summed E-state index contributed by atoms with van der Waals surface area (Å²) in [5.74, 6) is 0.275. The molecule has 4 heteroatoms. The normalized spacial score (nSPS) is 12.7. The molecule has 2 aromatic rings. The summed E-state index contributed by atoms with van der Waals surface area (Å²) in [4.78, 5) is 6.83. The predicted molar refractivity (Wildman–Crippen MR) is 58.4 cm³/mol. The number of hydrogen-bond donors (Lipinski definition) is 2. The summed E-state index contributed by atoms with van der Waals surface area (Å²) in [5.41, 5.74) is 1.76. The molecule has 0 saturated carbocycles. The summed E-state index contributed by atoms with van der Waals surface area (Å²) in [6.45, 7) is 1.83. The van der Waals surface area contributed by atoms with Crippen molar-refractivity contribution in [1.29, 1.82) is 0 Å². The number of nitrogens with zero attached hydrogens (tertiary/aromatic N) is 1. The molecule has 0 bridgehead atoms. The summed E-state index contributed by atoms with van der Waals surface area (Å²) in [6, 6.07) is 4.55. The van der Waals surface area contributed by atoms with E-state index in [1.54, 1.807) is 18.5 Å². The summed E-state index contributed by atoms with van der Waals surface area (Å²) in [6.07, 6.45) is 3.00. The number of aryl methyl sites for hydroxylation is 1. The zero-order chi connectivity index (χ0) is 11.5. The van der Waals surface area contributed by atoms with E-state index in [0.29, 0.717) is 12.2 Å². The number of H-pyrrole nitrogens is 1. The average molecular weight is 220 g/mol. The van der Waals surface area contributed by atoms with Crippen molar-refractivity contribution >= 4 is 0 Å². The molecule has 0 aliphatic heterocycles. The van der Waals surface area contributed by atoms with Gasteiger partial charge in [0.1, 0.15) is 17.7 Å². The summed E-state index contributed by atoms with van der Waals surface area (Å²) in [7, 11) is 0. The molecule has 1 aromatic carbocycles. The van der Waals surface area contributed by atoms with Gasteiger partial charge in [-0.1, -0.05) is 6.07 Å². The Kier molecular flexibility index (Phi) is 3.01. The highest BCUT2D eigenvalue weighted by Gasteiger charge is 2.12. The molecule has 1 atom stereocenters. The number of rotatable bonds is 3. The van der Waals surface area contributed by atoms with Crippen molar-refractivity contribution < 1.29 is 9.50 Å². The molecule has 2 N–H and O–H groups in total. The lowest BCUT2D eigenvalue weighted by atomic mass is 10.0. The van der Waals surface area contributed by atoms with E-state index < -0.39 is 6.10 Å². The molecular weight excluding hydrogens is 207 g/mol. The molecule has 84 valence electrons. The van der Waals surface area contributed by atoms with Gasteiger partial charge in [-0.3, -0.25) is 0 Å². The number of imidazole rings is 1. The first kappa shape index (κ1) is 10.8. The molecule has 0 radical (unpaired) electrons. The third-order valence-electron chi connectivity index (χ3n) is 2.55. The van der Waals surface area contributed by atoms with Crippen LogP contribution in [0.5, 0.6) is 0 Å². The topological polar surface area (TPSA) is 48.9 Å². The Morgan fingerprint density at radius 3 is 2.94 bits per heavy atom. The molecule has 0 aliphatic carbocycles. The third-order valence-corrected chi connectivity index (χ3v) is 2.55. The SMILES string of the molecule is Cc1cc(F)ccc1CC(O)c1ncc[nH]1. The van der Waals surface area contributed by atoms with Crippen LogP contribution in [-0.4, -0.2) is 15.1 Å². The lowest BCUT2D eigenvalue weighted by Crippen LogP contribution is -2.05. The number of aromatic amines is 1. The third kappa shape index (κ3) is 2.28. The highest BCUT2D eigenvalue weighted by atomic mass is 19.1. The predicted octanol–water partition coefficient (Wildman–Crippen LogP) is 2.13. The van der Waals surface area contributed by atoms with Gasteiger partial charge in [-0.15, -0.1) is 0 Å². The summed E-state index contributed by atoms with van der Waals surface area (Å²) < 4.78 is 12.9. The van der Waals surface area contributed by atoms with Gasteiger partial charge >= 0.3 is 0 Å². The van der Waals surface area contributed by atoms with Crippen molar-refractivity contribution in [2.75, 3.05) is 0 Å². The van der Waals surface area contributed by atoms with E-state index in [1.807, 2.05) is 6.92 Å². The molecular formula is C12H13FN2O. The van der Waals surface area contributed by atoms with Crippen molar-refractivity contribution in [3.05, 3.63) is 53.4 Å². The van der Waals surface area contributed by atoms with Crippen LogP contribution in [0.1, 0.15) is 23.1 Å². The molecule has 0 spiro atoms. The van der Waals surface area contributed by atoms with Gasteiger partial charge in [-0.25, -0.2) is 9.37 Å². The van der Waals surface area contributed by atoms with Gasteiger partial charge < -0.3 is 10.1 Å². The number of halogens is 1. The zero-order valence-electron chi connectivity index (χ0n) is 8.94. The van der Waals surface area contributed by atoms with Crippen LogP contribution in [0.25, 0.3) is 0 Å². The standard InChI is InChI=1S/C12H13FN2O/c1-8-6-10(13)3-2-9(8)7-11(16)12-14-4-5-15-12/h2-6,11,16H,7H2,1H3,(H,14,15). The minimum atomic E-state index is -0.681. The Morgan fingerprint density at radius 2 is 2.31 bits per heavy atom. The minimum absolute atomic E-state index is 0.256. The van der Waals surface area contributed by atoms with Crippen LogP contribution >= 0.6 is 0 Å². The van der Waals surface area contributed by atoms with Gasteiger partial charge in [-0.05, 0) is 30.2 Å². The summed E-state index contributed by atoms with van der Waals surface area (Å²) in [5, 5.41) is 9.87. The lowest BCUT2D eigenvalue weighted by molar-refractivity contribution is 0.169. The first-order chi connectivity index (χ1) is 7.66. The largest absolute Gasteiger partial charge is 0.385 e. The maximum absolute atomic E-state index is 12.9. The maximum Gasteiger partial charge on any atom is 0.135 e. The molecule has 0 saturated heterocycles.